The average molecular weight is 293 g/mol. The highest BCUT2D eigenvalue weighted by Gasteiger charge is 2.15. The molecule has 0 fully saturated rings. The molecule has 0 bridgehead atoms. The molecule has 0 saturated carbocycles. The van der Waals surface area contributed by atoms with Gasteiger partial charge in [-0.1, -0.05) is 26.0 Å². The van der Waals surface area contributed by atoms with Crippen molar-refractivity contribution in [1.29, 1.82) is 0 Å². The van der Waals surface area contributed by atoms with Gasteiger partial charge in [0.15, 0.2) is 0 Å². The number of alkyl halides is 1. The van der Waals surface area contributed by atoms with Crippen LogP contribution in [0.15, 0.2) is 29.1 Å². The fourth-order valence-electron chi connectivity index (χ4n) is 2.44. The van der Waals surface area contributed by atoms with Crippen LogP contribution in [0.3, 0.4) is 0 Å². The van der Waals surface area contributed by atoms with Gasteiger partial charge in [-0.25, -0.2) is 4.98 Å². The molecule has 20 heavy (non-hydrogen) atoms. The molecule has 0 spiro atoms. The van der Waals surface area contributed by atoms with Crippen LogP contribution in [0.1, 0.15) is 45.5 Å². The van der Waals surface area contributed by atoms with Crippen molar-refractivity contribution in [1.82, 2.24) is 9.55 Å². The molecule has 1 aromatic carbocycles. The molecule has 1 atom stereocenters. The van der Waals surface area contributed by atoms with E-state index in [2.05, 4.69) is 25.8 Å². The summed E-state index contributed by atoms with van der Waals surface area (Å²) in [6.07, 6.45) is 2.05. The fraction of sp³-hybridized carbons (Fsp3) is 0.500. The molecule has 0 aliphatic carbocycles. The standard InChI is InChI=1S/C16H21ClN2O/c1-11(2)8-9-12(3)19-15(10-17)18-14-7-5-4-6-13(14)16(19)20/h4-7,11-12H,8-10H2,1-3H3. The van der Waals surface area contributed by atoms with E-state index in [1.807, 2.05) is 24.3 Å². The van der Waals surface area contributed by atoms with Gasteiger partial charge in [0.25, 0.3) is 5.56 Å². The molecule has 0 aliphatic heterocycles. The minimum Gasteiger partial charge on any atom is -0.292 e. The zero-order valence-electron chi connectivity index (χ0n) is 12.3. The van der Waals surface area contributed by atoms with E-state index in [1.54, 1.807) is 4.57 Å². The highest BCUT2D eigenvalue weighted by Crippen LogP contribution is 2.19. The Bertz CT molecular complexity index is 648. The number of rotatable bonds is 5. The molecule has 0 radical (unpaired) electrons. The maximum atomic E-state index is 12.7. The molecule has 2 rings (SSSR count). The number of hydrogen-bond acceptors (Lipinski definition) is 2. The molecule has 3 nitrogen and oxygen atoms in total. The molecular weight excluding hydrogens is 272 g/mol. The van der Waals surface area contributed by atoms with Gasteiger partial charge in [-0.3, -0.25) is 9.36 Å². The first-order chi connectivity index (χ1) is 9.54. The Morgan fingerprint density at radius 2 is 1.90 bits per heavy atom. The van der Waals surface area contributed by atoms with E-state index in [1.165, 1.54) is 0 Å². The fourth-order valence-corrected chi connectivity index (χ4v) is 2.63. The summed E-state index contributed by atoms with van der Waals surface area (Å²) in [4.78, 5) is 17.2. The van der Waals surface area contributed by atoms with Gasteiger partial charge in [0, 0.05) is 6.04 Å². The van der Waals surface area contributed by atoms with Crippen molar-refractivity contribution in [2.45, 2.75) is 45.5 Å². The van der Waals surface area contributed by atoms with E-state index < -0.39 is 0 Å². The summed E-state index contributed by atoms with van der Waals surface area (Å²) >= 11 is 5.99. The number of fused-ring (bicyclic) bond motifs is 1. The monoisotopic (exact) mass is 292 g/mol. The van der Waals surface area contributed by atoms with Crippen molar-refractivity contribution in [3.05, 3.63) is 40.4 Å². The Hall–Kier alpha value is -1.35. The van der Waals surface area contributed by atoms with Gasteiger partial charge < -0.3 is 0 Å². The second-order valence-electron chi connectivity index (χ2n) is 5.67. The molecule has 0 N–H and O–H groups in total. The largest absolute Gasteiger partial charge is 0.292 e. The summed E-state index contributed by atoms with van der Waals surface area (Å²) in [6, 6.07) is 7.56. The maximum absolute atomic E-state index is 12.7. The van der Waals surface area contributed by atoms with Gasteiger partial charge in [-0.2, -0.15) is 0 Å². The normalized spacial score (nSPS) is 13.1. The van der Waals surface area contributed by atoms with Crippen LogP contribution in [0.2, 0.25) is 0 Å². The van der Waals surface area contributed by atoms with Crippen LogP contribution in [0.25, 0.3) is 10.9 Å². The van der Waals surface area contributed by atoms with Crippen LogP contribution in [-0.2, 0) is 5.88 Å². The van der Waals surface area contributed by atoms with Crippen molar-refractivity contribution in [2.75, 3.05) is 0 Å². The van der Waals surface area contributed by atoms with Crippen LogP contribution in [0, 0.1) is 5.92 Å². The van der Waals surface area contributed by atoms with Crippen molar-refractivity contribution < 1.29 is 0 Å². The number of benzene rings is 1. The lowest BCUT2D eigenvalue weighted by molar-refractivity contribution is 0.421. The predicted octanol–water partition coefficient (Wildman–Crippen LogP) is 4.13. The molecule has 108 valence electrons. The summed E-state index contributed by atoms with van der Waals surface area (Å²) in [5.74, 6) is 1.54. The maximum Gasteiger partial charge on any atom is 0.261 e. The first-order valence-corrected chi connectivity index (χ1v) is 7.64. The molecule has 0 amide bonds. The number of nitrogens with zero attached hydrogens (tertiary/aromatic N) is 2. The summed E-state index contributed by atoms with van der Waals surface area (Å²) in [5.41, 5.74) is 0.739. The van der Waals surface area contributed by atoms with E-state index >= 15 is 0 Å². The number of halogens is 1. The van der Waals surface area contributed by atoms with E-state index in [0.29, 0.717) is 17.1 Å². The van der Waals surface area contributed by atoms with Crippen LogP contribution in [-0.4, -0.2) is 9.55 Å². The molecule has 0 aliphatic rings. The summed E-state index contributed by atoms with van der Waals surface area (Å²) in [6.45, 7) is 6.45. The lowest BCUT2D eigenvalue weighted by Gasteiger charge is -2.19. The highest BCUT2D eigenvalue weighted by atomic mass is 35.5. The molecular formula is C16H21ClN2O. The molecule has 1 heterocycles. The molecule has 1 aromatic heterocycles. The van der Waals surface area contributed by atoms with Gasteiger partial charge in [0.05, 0.1) is 16.8 Å². The molecule has 2 aromatic rings. The third-order valence-electron chi connectivity index (χ3n) is 3.60. The summed E-state index contributed by atoms with van der Waals surface area (Å²) < 4.78 is 1.76. The van der Waals surface area contributed by atoms with Crippen LogP contribution in [0.4, 0.5) is 0 Å². The molecule has 4 heteroatoms. The first kappa shape index (κ1) is 15.0. The number of hydrogen-bond donors (Lipinski definition) is 0. The van der Waals surface area contributed by atoms with Crippen molar-refractivity contribution in [2.24, 2.45) is 5.92 Å². The SMILES string of the molecule is CC(C)CCC(C)n1c(CCl)nc2ccccc2c1=O. The third-order valence-corrected chi connectivity index (χ3v) is 3.84. The van der Waals surface area contributed by atoms with Crippen LogP contribution >= 0.6 is 11.6 Å². The van der Waals surface area contributed by atoms with E-state index in [4.69, 9.17) is 11.6 Å². The smallest absolute Gasteiger partial charge is 0.261 e. The van der Waals surface area contributed by atoms with Gasteiger partial charge >= 0.3 is 0 Å². The van der Waals surface area contributed by atoms with Gasteiger partial charge in [0.2, 0.25) is 0 Å². The predicted molar refractivity (Wildman–Crippen MR) is 84.3 cm³/mol. The van der Waals surface area contributed by atoms with Crippen LogP contribution < -0.4 is 5.56 Å². The molecule has 0 saturated heterocycles. The lowest BCUT2D eigenvalue weighted by Crippen LogP contribution is -2.28. The Morgan fingerprint density at radius 3 is 2.55 bits per heavy atom. The quantitative estimate of drug-likeness (QED) is 0.777. The topological polar surface area (TPSA) is 34.9 Å². The number of para-hydroxylation sites is 1. The Labute approximate surface area is 124 Å². The Balaban J connectivity index is 2.50. The van der Waals surface area contributed by atoms with Crippen molar-refractivity contribution >= 4 is 22.5 Å². The second kappa shape index (κ2) is 6.40. The zero-order valence-corrected chi connectivity index (χ0v) is 13.0. The zero-order chi connectivity index (χ0) is 14.7. The van der Waals surface area contributed by atoms with Crippen molar-refractivity contribution in [3.63, 3.8) is 0 Å². The minimum absolute atomic E-state index is 0.0162. The van der Waals surface area contributed by atoms with E-state index in [0.717, 1.165) is 18.4 Å². The van der Waals surface area contributed by atoms with Crippen LogP contribution in [0.5, 0.6) is 0 Å². The second-order valence-corrected chi connectivity index (χ2v) is 5.94. The molecule has 1 unspecified atom stereocenters. The minimum atomic E-state index is 0.0162. The van der Waals surface area contributed by atoms with Gasteiger partial charge in [-0.05, 0) is 37.8 Å². The Kier molecular flexibility index (Phi) is 4.81. The summed E-state index contributed by atoms with van der Waals surface area (Å²) in [7, 11) is 0. The highest BCUT2D eigenvalue weighted by molar-refractivity contribution is 6.16. The number of aromatic nitrogens is 2. The first-order valence-electron chi connectivity index (χ1n) is 7.10. The van der Waals surface area contributed by atoms with E-state index in [-0.39, 0.29) is 17.5 Å². The lowest BCUT2D eigenvalue weighted by atomic mass is 10.0. The van der Waals surface area contributed by atoms with Gasteiger partial charge in [-0.15, -0.1) is 11.6 Å². The van der Waals surface area contributed by atoms with E-state index in [9.17, 15) is 4.79 Å². The average Bonchev–Trinajstić information content (AvgIpc) is 2.44. The summed E-state index contributed by atoms with van der Waals surface area (Å²) in [5, 5.41) is 0.665. The third kappa shape index (κ3) is 3.04. The van der Waals surface area contributed by atoms with Crippen molar-refractivity contribution in [3.8, 4) is 0 Å². The Morgan fingerprint density at radius 1 is 1.20 bits per heavy atom. The van der Waals surface area contributed by atoms with Gasteiger partial charge in [0.1, 0.15) is 5.82 Å².